The van der Waals surface area contributed by atoms with Crippen molar-refractivity contribution < 1.29 is 14.6 Å². The monoisotopic (exact) mass is 172 g/mol. The standard InChI is InChI=1S/C9H16O3/c1-4-5-6-12-8(3)7(2)9(10)11/h4-6H2,1-3H3,(H,10,11). The summed E-state index contributed by atoms with van der Waals surface area (Å²) >= 11 is 0. The third kappa shape index (κ3) is 4.01. The molecule has 0 fully saturated rings. The minimum atomic E-state index is -0.913. The van der Waals surface area contributed by atoms with E-state index in [0.717, 1.165) is 12.8 Å². The van der Waals surface area contributed by atoms with E-state index in [1.165, 1.54) is 0 Å². The Hall–Kier alpha value is -0.990. The number of ether oxygens (including phenoxy) is 1. The number of carboxylic acid groups (broad SMARTS) is 1. The SMILES string of the molecule is CCCCOC(C)=C(C)C(=O)O. The number of carbonyl (C=O) groups is 1. The van der Waals surface area contributed by atoms with Gasteiger partial charge in [0.1, 0.15) is 5.76 Å². The maximum Gasteiger partial charge on any atom is 0.334 e. The molecule has 12 heavy (non-hydrogen) atoms. The molecule has 1 N–H and O–H groups in total. The molecular formula is C9H16O3. The molecule has 0 aromatic rings. The van der Waals surface area contributed by atoms with Gasteiger partial charge < -0.3 is 9.84 Å². The first-order valence-electron chi connectivity index (χ1n) is 4.13. The normalized spacial score (nSPS) is 12.2. The van der Waals surface area contributed by atoms with Gasteiger partial charge in [0.25, 0.3) is 0 Å². The molecular weight excluding hydrogens is 156 g/mol. The van der Waals surface area contributed by atoms with Gasteiger partial charge >= 0.3 is 5.97 Å². The van der Waals surface area contributed by atoms with Gasteiger partial charge in [0.2, 0.25) is 0 Å². The number of unbranched alkanes of at least 4 members (excludes halogenated alkanes) is 1. The molecule has 0 spiro atoms. The molecule has 0 saturated carbocycles. The molecule has 0 aromatic heterocycles. The zero-order valence-electron chi connectivity index (χ0n) is 7.89. The molecule has 0 aliphatic carbocycles. The predicted octanol–water partition coefficient (Wildman–Crippen LogP) is 2.18. The summed E-state index contributed by atoms with van der Waals surface area (Å²) in [5.41, 5.74) is 0.283. The van der Waals surface area contributed by atoms with Crippen molar-refractivity contribution in [3.8, 4) is 0 Å². The predicted molar refractivity (Wildman–Crippen MR) is 46.9 cm³/mol. The van der Waals surface area contributed by atoms with Crippen molar-refractivity contribution in [1.82, 2.24) is 0 Å². The van der Waals surface area contributed by atoms with E-state index >= 15 is 0 Å². The lowest BCUT2D eigenvalue weighted by Crippen LogP contribution is -2.02. The second-order valence-corrected chi connectivity index (χ2v) is 2.69. The van der Waals surface area contributed by atoms with Crippen LogP contribution in [0.15, 0.2) is 11.3 Å². The number of hydrogen-bond acceptors (Lipinski definition) is 2. The maximum atomic E-state index is 10.4. The van der Waals surface area contributed by atoms with Crippen LogP contribution in [0.1, 0.15) is 33.6 Å². The molecule has 0 saturated heterocycles. The molecule has 3 nitrogen and oxygen atoms in total. The Morgan fingerprint density at radius 3 is 2.42 bits per heavy atom. The van der Waals surface area contributed by atoms with E-state index in [2.05, 4.69) is 6.92 Å². The fraction of sp³-hybridized carbons (Fsp3) is 0.667. The molecule has 0 aliphatic heterocycles. The molecule has 0 bridgehead atoms. The van der Waals surface area contributed by atoms with Crippen molar-refractivity contribution in [3.63, 3.8) is 0 Å². The van der Waals surface area contributed by atoms with Crippen LogP contribution in [0, 0.1) is 0 Å². The lowest BCUT2D eigenvalue weighted by molar-refractivity contribution is -0.132. The average Bonchev–Trinajstić information content (AvgIpc) is 2.03. The zero-order valence-corrected chi connectivity index (χ0v) is 7.89. The van der Waals surface area contributed by atoms with Crippen molar-refractivity contribution in [2.24, 2.45) is 0 Å². The van der Waals surface area contributed by atoms with Crippen LogP contribution in [0.25, 0.3) is 0 Å². The molecule has 0 radical (unpaired) electrons. The van der Waals surface area contributed by atoms with Gasteiger partial charge in [0, 0.05) is 0 Å². The summed E-state index contributed by atoms with van der Waals surface area (Å²) in [5, 5.41) is 8.57. The van der Waals surface area contributed by atoms with Gasteiger partial charge in [-0.25, -0.2) is 4.79 Å². The van der Waals surface area contributed by atoms with E-state index in [1.807, 2.05) is 0 Å². The van der Waals surface area contributed by atoms with E-state index in [0.29, 0.717) is 12.4 Å². The maximum absolute atomic E-state index is 10.4. The van der Waals surface area contributed by atoms with Crippen LogP contribution in [0.3, 0.4) is 0 Å². The molecule has 0 aliphatic rings. The lowest BCUT2D eigenvalue weighted by Gasteiger charge is -2.06. The molecule has 0 aromatic carbocycles. The van der Waals surface area contributed by atoms with Crippen LogP contribution < -0.4 is 0 Å². The Morgan fingerprint density at radius 2 is 2.00 bits per heavy atom. The summed E-state index contributed by atoms with van der Waals surface area (Å²) in [6.07, 6.45) is 2.02. The van der Waals surface area contributed by atoms with Crippen LogP contribution in [0.4, 0.5) is 0 Å². The van der Waals surface area contributed by atoms with E-state index < -0.39 is 5.97 Å². The Labute approximate surface area is 73.0 Å². The van der Waals surface area contributed by atoms with Crippen LogP contribution in [0.2, 0.25) is 0 Å². The second kappa shape index (κ2) is 5.63. The minimum absolute atomic E-state index is 0.283. The van der Waals surface area contributed by atoms with Crippen molar-refractivity contribution in [2.75, 3.05) is 6.61 Å². The van der Waals surface area contributed by atoms with E-state index in [4.69, 9.17) is 9.84 Å². The summed E-state index contributed by atoms with van der Waals surface area (Å²) in [7, 11) is 0. The molecule has 0 unspecified atom stereocenters. The van der Waals surface area contributed by atoms with E-state index in [9.17, 15) is 4.79 Å². The van der Waals surface area contributed by atoms with Crippen LogP contribution in [-0.4, -0.2) is 17.7 Å². The van der Waals surface area contributed by atoms with Crippen LogP contribution >= 0.6 is 0 Å². The van der Waals surface area contributed by atoms with Gasteiger partial charge in [-0.2, -0.15) is 0 Å². The highest BCUT2D eigenvalue weighted by molar-refractivity contribution is 5.86. The lowest BCUT2D eigenvalue weighted by atomic mass is 10.3. The molecule has 0 heterocycles. The van der Waals surface area contributed by atoms with Gasteiger partial charge in [-0.05, 0) is 20.3 Å². The Bertz CT molecular complexity index is 182. The first-order chi connectivity index (χ1) is 5.59. The topological polar surface area (TPSA) is 46.5 Å². The first kappa shape index (κ1) is 11.0. The van der Waals surface area contributed by atoms with Crippen molar-refractivity contribution in [1.29, 1.82) is 0 Å². The van der Waals surface area contributed by atoms with E-state index in [1.54, 1.807) is 13.8 Å². The quantitative estimate of drug-likeness (QED) is 0.393. The summed E-state index contributed by atoms with van der Waals surface area (Å²) < 4.78 is 5.20. The number of rotatable bonds is 5. The smallest absolute Gasteiger partial charge is 0.334 e. The molecule has 0 atom stereocenters. The third-order valence-electron chi connectivity index (χ3n) is 1.67. The molecule has 3 heteroatoms. The number of allylic oxidation sites excluding steroid dienone is 1. The van der Waals surface area contributed by atoms with Crippen LogP contribution in [-0.2, 0) is 9.53 Å². The summed E-state index contributed by atoms with van der Waals surface area (Å²) in [6, 6.07) is 0. The number of hydrogen-bond donors (Lipinski definition) is 1. The first-order valence-corrected chi connectivity index (χ1v) is 4.13. The molecule has 70 valence electrons. The number of carboxylic acids is 1. The third-order valence-corrected chi connectivity index (χ3v) is 1.67. The fourth-order valence-electron chi connectivity index (χ4n) is 0.628. The summed E-state index contributed by atoms with van der Waals surface area (Å²) in [6.45, 7) is 5.89. The molecule has 0 rings (SSSR count). The Morgan fingerprint density at radius 1 is 1.42 bits per heavy atom. The van der Waals surface area contributed by atoms with Gasteiger partial charge in [0.05, 0.1) is 12.2 Å². The number of aliphatic carboxylic acids is 1. The van der Waals surface area contributed by atoms with Gasteiger partial charge in [-0.15, -0.1) is 0 Å². The second-order valence-electron chi connectivity index (χ2n) is 2.69. The highest BCUT2D eigenvalue weighted by Gasteiger charge is 2.05. The molecule has 0 amide bonds. The largest absolute Gasteiger partial charge is 0.498 e. The summed E-state index contributed by atoms with van der Waals surface area (Å²) in [5.74, 6) is -0.403. The average molecular weight is 172 g/mol. The highest BCUT2D eigenvalue weighted by Crippen LogP contribution is 2.05. The fourth-order valence-corrected chi connectivity index (χ4v) is 0.628. The summed E-state index contributed by atoms with van der Waals surface area (Å²) in [4.78, 5) is 10.4. The van der Waals surface area contributed by atoms with Crippen molar-refractivity contribution >= 4 is 5.97 Å². The zero-order chi connectivity index (χ0) is 9.56. The Balaban J connectivity index is 3.91. The Kier molecular flexibility index (Phi) is 5.17. The minimum Gasteiger partial charge on any atom is -0.498 e. The van der Waals surface area contributed by atoms with Gasteiger partial charge in [-0.1, -0.05) is 13.3 Å². The van der Waals surface area contributed by atoms with E-state index in [-0.39, 0.29) is 5.57 Å². The highest BCUT2D eigenvalue weighted by atomic mass is 16.5. The van der Waals surface area contributed by atoms with Gasteiger partial charge in [0.15, 0.2) is 0 Å². The van der Waals surface area contributed by atoms with Gasteiger partial charge in [-0.3, -0.25) is 0 Å². The van der Waals surface area contributed by atoms with Crippen LogP contribution in [0.5, 0.6) is 0 Å². The van der Waals surface area contributed by atoms with Crippen molar-refractivity contribution in [2.45, 2.75) is 33.6 Å². The van der Waals surface area contributed by atoms with Crippen molar-refractivity contribution in [3.05, 3.63) is 11.3 Å².